The summed E-state index contributed by atoms with van der Waals surface area (Å²) >= 11 is 1.73. The van der Waals surface area contributed by atoms with Crippen molar-refractivity contribution in [2.24, 2.45) is 0 Å². The van der Waals surface area contributed by atoms with E-state index in [2.05, 4.69) is 14.9 Å². The number of thioether (sulfide) groups is 1. The number of hydrogen-bond donors (Lipinski definition) is 1. The molecule has 6 heteroatoms. The highest BCUT2D eigenvalue weighted by Gasteiger charge is 2.18. The van der Waals surface area contributed by atoms with Crippen molar-refractivity contribution in [3.8, 4) is 11.3 Å². The molecule has 4 rings (SSSR count). The maximum Gasteiger partial charge on any atom is 0.255 e. The Morgan fingerprint density at radius 1 is 1.28 bits per heavy atom. The molecule has 2 heterocycles. The van der Waals surface area contributed by atoms with Crippen LogP contribution in [0.2, 0.25) is 0 Å². The van der Waals surface area contributed by atoms with Crippen LogP contribution in [0.4, 0.5) is 10.1 Å². The van der Waals surface area contributed by atoms with E-state index in [-0.39, 0.29) is 11.7 Å². The van der Waals surface area contributed by atoms with Crippen molar-refractivity contribution < 1.29 is 9.18 Å². The van der Waals surface area contributed by atoms with Crippen molar-refractivity contribution in [2.45, 2.75) is 18.6 Å². The van der Waals surface area contributed by atoms with Gasteiger partial charge in [0.15, 0.2) is 5.16 Å². The number of amides is 1. The first-order valence-corrected chi connectivity index (χ1v) is 8.97. The van der Waals surface area contributed by atoms with E-state index in [9.17, 15) is 9.18 Å². The number of anilines is 1. The van der Waals surface area contributed by atoms with E-state index in [1.54, 1.807) is 30.8 Å². The lowest BCUT2D eigenvalue weighted by atomic mass is 10.1. The molecule has 1 N–H and O–H groups in total. The van der Waals surface area contributed by atoms with Gasteiger partial charge in [-0.2, -0.15) is 0 Å². The van der Waals surface area contributed by atoms with Crippen LogP contribution in [0.25, 0.3) is 11.3 Å². The molecule has 0 unspecified atom stereocenters. The number of para-hydroxylation sites is 1. The van der Waals surface area contributed by atoms with E-state index in [0.29, 0.717) is 16.8 Å². The minimum absolute atomic E-state index is 0.292. The maximum atomic E-state index is 13.7. The van der Waals surface area contributed by atoms with Crippen LogP contribution in [-0.2, 0) is 6.54 Å². The van der Waals surface area contributed by atoms with Crippen molar-refractivity contribution in [1.29, 1.82) is 0 Å². The summed E-state index contributed by atoms with van der Waals surface area (Å²) in [6.07, 6.45) is 2.01. The molecule has 0 saturated heterocycles. The Labute approximate surface area is 149 Å². The first-order valence-electron chi connectivity index (χ1n) is 7.99. The Hall–Kier alpha value is -2.60. The molecule has 0 aliphatic carbocycles. The lowest BCUT2D eigenvalue weighted by Crippen LogP contribution is -2.13. The fraction of sp³-hybridized carbons (Fsp3) is 0.158. The average Bonchev–Trinajstić information content (AvgIpc) is 3.19. The van der Waals surface area contributed by atoms with Crippen LogP contribution in [0.5, 0.6) is 0 Å². The van der Waals surface area contributed by atoms with Crippen LogP contribution in [0.1, 0.15) is 15.9 Å². The molecule has 1 amide bonds. The number of rotatable bonds is 3. The summed E-state index contributed by atoms with van der Waals surface area (Å²) < 4.78 is 15.8. The molecule has 25 heavy (non-hydrogen) atoms. The van der Waals surface area contributed by atoms with E-state index in [1.165, 1.54) is 6.07 Å². The minimum Gasteiger partial charge on any atom is -0.325 e. The van der Waals surface area contributed by atoms with Gasteiger partial charge in [0.1, 0.15) is 5.82 Å². The second kappa shape index (κ2) is 6.37. The average molecular weight is 353 g/mol. The standard InChI is InChI=1S/C19H16FN3OS/c1-12-6-7-13(10-15(12)20)18(24)21-16-5-3-2-4-14(16)17-11-23-8-9-25-19(23)22-17/h2-7,10-11H,8-9H2,1H3,(H,21,24). The van der Waals surface area contributed by atoms with Crippen LogP contribution in [0, 0.1) is 12.7 Å². The number of imidazole rings is 1. The van der Waals surface area contributed by atoms with E-state index in [0.717, 1.165) is 28.7 Å². The monoisotopic (exact) mass is 353 g/mol. The quantitative estimate of drug-likeness (QED) is 0.761. The molecule has 0 saturated carbocycles. The third-order valence-electron chi connectivity index (χ3n) is 4.19. The van der Waals surface area contributed by atoms with Gasteiger partial charge in [0.25, 0.3) is 5.91 Å². The number of aromatic nitrogens is 2. The first-order chi connectivity index (χ1) is 12.1. The molecule has 0 radical (unpaired) electrons. The molecule has 126 valence electrons. The van der Waals surface area contributed by atoms with Crippen molar-refractivity contribution in [2.75, 3.05) is 11.1 Å². The summed E-state index contributed by atoms with van der Waals surface area (Å²) in [5, 5.41) is 3.87. The summed E-state index contributed by atoms with van der Waals surface area (Å²) in [6, 6.07) is 12.0. The highest BCUT2D eigenvalue weighted by atomic mass is 32.2. The van der Waals surface area contributed by atoms with E-state index >= 15 is 0 Å². The Kier molecular flexibility index (Phi) is 4.05. The van der Waals surface area contributed by atoms with Crippen molar-refractivity contribution in [3.63, 3.8) is 0 Å². The number of hydrogen-bond acceptors (Lipinski definition) is 3. The predicted molar refractivity (Wildman–Crippen MR) is 97.5 cm³/mol. The van der Waals surface area contributed by atoms with Gasteiger partial charge in [0.05, 0.1) is 11.4 Å². The van der Waals surface area contributed by atoms with Gasteiger partial charge in [-0.15, -0.1) is 0 Å². The van der Waals surface area contributed by atoms with E-state index < -0.39 is 0 Å². The van der Waals surface area contributed by atoms with Gasteiger partial charge >= 0.3 is 0 Å². The lowest BCUT2D eigenvalue weighted by molar-refractivity contribution is 0.102. The number of carbonyl (C=O) groups excluding carboxylic acids is 1. The van der Waals surface area contributed by atoms with Crippen LogP contribution in [0.3, 0.4) is 0 Å². The maximum absolute atomic E-state index is 13.7. The first kappa shape index (κ1) is 15.9. The van der Waals surface area contributed by atoms with Crippen LogP contribution >= 0.6 is 11.8 Å². The van der Waals surface area contributed by atoms with Crippen molar-refractivity contribution in [3.05, 3.63) is 65.6 Å². The van der Waals surface area contributed by atoms with Gasteiger partial charge in [-0.05, 0) is 30.7 Å². The second-order valence-corrected chi connectivity index (χ2v) is 6.98. The molecule has 0 fully saturated rings. The number of fused-ring (bicyclic) bond motifs is 1. The molecule has 3 aromatic rings. The molecule has 0 spiro atoms. The number of nitrogens with zero attached hydrogens (tertiary/aromatic N) is 2. The van der Waals surface area contributed by atoms with Gasteiger partial charge in [0, 0.05) is 29.6 Å². The molecule has 2 aromatic carbocycles. The Morgan fingerprint density at radius 2 is 2.12 bits per heavy atom. The fourth-order valence-electron chi connectivity index (χ4n) is 2.78. The van der Waals surface area contributed by atoms with Crippen molar-refractivity contribution >= 4 is 23.4 Å². The highest BCUT2D eigenvalue weighted by molar-refractivity contribution is 7.99. The Bertz CT molecular complexity index is 946. The molecule has 1 aromatic heterocycles. The number of nitrogens with one attached hydrogen (secondary N) is 1. The van der Waals surface area contributed by atoms with Gasteiger partial charge in [-0.25, -0.2) is 9.37 Å². The normalized spacial score (nSPS) is 12.9. The molecule has 0 bridgehead atoms. The van der Waals surface area contributed by atoms with Gasteiger partial charge < -0.3 is 9.88 Å². The van der Waals surface area contributed by atoms with Gasteiger partial charge in [-0.3, -0.25) is 4.79 Å². The summed E-state index contributed by atoms with van der Waals surface area (Å²) in [5.41, 5.74) is 3.15. The summed E-state index contributed by atoms with van der Waals surface area (Å²) in [4.78, 5) is 17.1. The zero-order valence-corrected chi connectivity index (χ0v) is 14.4. The summed E-state index contributed by atoms with van der Waals surface area (Å²) in [6.45, 7) is 2.62. The number of aryl methyl sites for hydroxylation is 2. The zero-order valence-electron chi connectivity index (χ0n) is 13.6. The van der Waals surface area contributed by atoms with Gasteiger partial charge in [0.2, 0.25) is 0 Å². The van der Waals surface area contributed by atoms with Crippen LogP contribution < -0.4 is 5.32 Å². The summed E-state index contributed by atoms with van der Waals surface area (Å²) in [5.74, 6) is 0.316. The Morgan fingerprint density at radius 3 is 2.92 bits per heavy atom. The zero-order chi connectivity index (χ0) is 17.4. The van der Waals surface area contributed by atoms with E-state index in [4.69, 9.17) is 0 Å². The second-order valence-electron chi connectivity index (χ2n) is 5.91. The largest absolute Gasteiger partial charge is 0.325 e. The number of benzene rings is 2. The number of carbonyl (C=O) groups is 1. The third-order valence-corrected chi connectivity index (χ3v) is 5.16. The minimum atomic E-state index is -0.386. The van der Waals surface area contributed by atoms with Gasteiger partial charge in [-0.1, -0.05) is 36.0 Å². The molecule has 4 nitrogen and oxygen atoms in total. The van der Waals surface area contributed by atoms with Crippen LogP contribution in [-0.4, -0.2) is 21.2 Å². The van der Waals surface area contributed by atoms with Crippen LogP contribution in [0.15, 0.2) is 53.8 Å². The van der Waals surface area contributed by atoms with Crippen molar-refractivity contribution in [1.82, 2.24) is 9.55 Å². The lowest BCUT2D eigenvalue weighted by Gasteiger charge is -2.10. The molecule has 1 aliphatic rings. The SMILES string of the molecule is Cc1ccc(C(=O)Nc2ccccc2-c2cn3c(n2)SCC3)cc1F. The van der Waals surface area contributed by atoms with E-state index in [1.807, 2.05) is 30.5 Å². The predicted octanol–water partition coefficient (Wildman–Crippen LogP) is 4.36. The molecule has 0 atom stereocenters. The summed E-state index contributed by atoms with van der Waals surface area (Å²) in [7, 11) is 0. The third kappa shape index (κ3) is 3.05. The number of halogens is 1. The smallest absolute Gasteiger partial charge is 0.255 e. The Balaban J connectivity index is 1.64. The molecular weight excluding hydrogens is 337 g/mol. The fourth-order valence-corrected chi connectivity index (χ4v) is 3.73. The highest BCUT2D eigenvalue weighted by Crippen LogP contribution is 2.32. The molecule has 1 aliphatic heterocycles. The topological polar surface area (TPSA) is 46.9 Å². The molecular formula is C19H16FN3OS.